The summed E-state index contributed by atoms with van der Waals surface area (Å²) in [4.78, 5) is 0. The molecule has 4 nitrogen and oxygen atoms in total. The van der Waals surface area contributed by atoms with Crippen molar-refractivity contribution < 1.29 is 0 Å². The van der Waals surface area contributed by atoms with E-state index in [4.69, 9.17) is 5.73 Å². The van der Waals surface area contributed by atoms with Crippen LogP contribution in [-0.4, -0.2) is 46.3 Å². The monoisotopic (exact) mass is 286 g/mol. The fourth-order valence-corrected chi connectivity index (χ4v) is 2.25. The Balaban J connectivity index is 2.89. The summed E-state index contributed by atoms with van der Waals surface area (Å²) in [6, 6.07) is 0. The predicted octanol–water partition coefficient (Wildman–Crippen LogP) is 1.85. The van der Waals surface area contributed by atoms with Crippen molar-refractivity contribution in [2.45, 2.75) is 57.8 Å². The number of hydrogen-bond donors (Lipinski definition) is 4. The van der Waals surface area contributed by atoms with E-state index < -0.39 is 0 Å². The highest BCUT2D eigenvalue weighted by Gasteiger charge is 1.93. The number of nitrogens with one attached hydrogen (secondary N) is 3. The van der Waals surface area contributed by atoms with Gasteiger partial charge in [0, 0.05) is 0 Å². The Bertz CT molecular complexity index is 147. The maximum atomic E-state index is 5.44. The van der Waals surface area contributed by atoms with Crippen LogP contribution in [0.2, 0.25) is 0 Å². The normalized spacial score (nSPS) is 11.1. The molecule has 0 saturated carbocycles. The lowest BCUT2D eigenvalue weighted by Crippen LogP contribution is -2.20. The zero-order valence-corrected chi connectivity index (χ0v) is 13.7. The first-order valence-corrected chi connectivity index (χ1v) is 8.68. The standard InChI is InChI=1S/C16H38N4/c1-18-12-10-16-20-14-8-6-4-2-3-5-7-13-19-15-9-11-17/h18-20H,2-17H2,1H3. The Kier molecular flexibility index (Phi) is 18.7. The molecular formula is C16H38N4. The fourth-order valence-electron chi connectivity index (χ4n) is 2.25. The van der Waals surface area contributed by atoms with Crippen LogP contribution in [0.3, 0.4) is 0 Å². The first-order chi connectivity index (χ1) is 9.91. The number of unbranched alkanes of at least 4 members (excludes halogenated alkanes) is 6. The molecule has 0 aliphatic heterocycles. The molecule has 0 unspecified atom stereocenters. The lowest BCUT2D eigenvalue weighted by Gasteiger charge is -2.05. The van der Waals surface area contributed by atoms with Crippen LogP contribution in [0, 0.1) is 0 Å². The van der Waals surface area contributed by atoms with Gasteiger partial charge in [-0.25, -0.2) is 0 Å². The molecule has 0 bridgehead atoms. The Morgan fingerprint density at radius 2 is 1.00 bits per heavy atom. The third kappa shape index (κ3) is 17.8. The summed E-state index contributed by atoms with van der Waals surface area (Å²) in [6.07, 6.45) is 11.9. The van der Waals surface area contributed by atoms with Crippen molar-refractivity contribution in [1.82, 2.24) is 16.0 Å². The highest BCUT2D eigenvalue weighted by molar-refractivity contribution is 4.53. The average molecular weight is 287 g/mol. The van der Waals surface area contributed by atoms with Gasteiger partial charge in [0.25, 0.3) is 0 Å². The topological polar surface area (TPSA) is 62.1 Å². The van der Waals surface area contributed by atoms with Crippen LogP contribution >= 0.6 is 0 Å². The molecule has 0 aliphatic carbocycles. The second kappa shape index (κ2) is 18.8. The van der Waals surface area contributed by atoms with E-state index in [2.05, 4.69) is 16.0 Å². The van der Waals surface area contributed by atoms with E-state index in [1.165, 1.54) is 57.9 Å². The second-order valence-electron chi connectivity index (χ2n) is 5.57. The molecule has 0 rings (SSSR count). The zero-order valence-electron chi connectivity index (χ0n) is 13.7. The molecule has 20 heavy (non-hydrogen) atoms. The van der Waals surface area contributed by atoms with Gasteiger partial charge in [-0.1, -0.05) is 32.1 Å². The summed E-state index contributed by atoms with van der Waals surface area (Å²) in [5, 5.41) is 10.1. The third-order valence-corrected chi connectivity index (χ3v) is 3.55. The lowest BCUT2D eigenvalue weighted by atomic mass is 10.1. The molecule has 0 atom stereocenters. The Morgan fingerprint density at radius 1 is 0.550 bits per heavy atom. The smallest absolute Gasteiger partial charge is 0.00368 e. The van der Waals surface area contributed by atoms with Gasteiger partial charge >= 0.3 is 0 Å². The number of nitrogens with two attached hydrogens (primary N) is 1. The summed E-state index contributed by atoms with van der Waals surface area (Å²) >= 11 is 0. The van der Waals surface area contributed by atoms with Crippen LogP contribution in [0.4, 0.5) is 0 Å². The zero-order chi connectivity index (χ0) is 14.7. The van der Waals surface area contributed by atoms with Gasteiger partial charge in [-0.15, -0.1) is 0 Å². The van der Waals surface area contributed by atoms with Gasteiger partial charge in [0.05, 0.1) is 0 Å². The van der Waals surface area contributed by atoms with Gasteiger partial charge < -0.3 is 21.7 Å². The van der Waals surface area contributed by atoms with Gasteiger partial charge in [-0.3, -0.25) is 0 Å². The summed E-state index contributed by atoms with van der Waals surface area (Å²) < 4.78 is 0. The van der Waals surface area contributed by atoms with Crippen molar-refractivity contribution >= 4 is 0 Å². The molecule has 0 aromatic carbocycles. The summed E-state index contributed by atoms with van der Waals surface area (Å²) in [6.45, 7) is 6.51. The van der Waals surface area contributed by atoms with Crippen molar-refractivity contribution in [3.8, 4) is 0 Å². The van der Waals surface area contributed by atoms with E-state index in [0.717, 1.165) is 39.1 Å². The molecule has 0 fully saturated rings. The predicted molar refractivity (Wildman–Crippen MR) is 90.3 cm³/mol. The fraction of sp³-hybridized carbons (Fsp3) is 1.00. The Morgan fingerprint density at radius 3 is 1.50 bits per heavy atom. The SMILES string of the molecule is CNCCCNCCCCCCCCCNCCCN. The van der Waals surface area contributed by atoms with Crippen LogP contribution in [0.5, 0.6) is 0 Å². The molecule has 122 valence electrons. The van der Waals surface area contributed by atoms with Crippen LogP contribution in [0.1, 0.15) is 57.8 Å². The summed E-state index contributed by atoms with van der Waals surface area (Å²) in [5.41, 5.74) is 5.44. The van der Waals surface area contributed by atoms with E-state index in [1.54, 1.807) is 0 Å². The molecule has 0 heterocycles. The number of rotatable bonds is 17. The first-order valence-electron chi connectivity index (χ1n) is 8.68. The largest absolute Gasteiger partial charge is 0.330 e. The Hall–Kier alpha value is -0.160. The molecule has 4 heteroatoms. The molecule has 0 aromatic heterocycles. The van der Waals surface area contributed by atoms with E-state index in [1.807, 2.05) is 7.05 Å². The molecular weight excluding hydrogens is 248 g/mol. The third-order valence-electron chi connectivity index (χ3n) is 3.55. The molecule has 0 saturated heterocycles. The van der Waals surface area contributed by atoms with Gasteiger partial charge in [-0.05, 0) is 72.0 Å². The molecule has 0 amide bonds. The van der Waals surface area contributed by atoms with Gasteiger partial charge in [0.2, 0.25) is 0 Å². The van der Waals surface area contributed by atoms with Crippen LogP contribution in [-0.2, 0) is 0 Å². The quantitative estimate of drug-likeness (QED) is 0.308. The minimum Gasteiger partial charge on any atom is -0.330 e. The van der Waals surface area contributed by atoms with Gasteiger partial charge in [0.15, 0.2) is 0 Å². The first kappa shape index (κ1) is 19.8. The molecule has 0 spiro atoms. The van der Waals surface area contributed by atoms with E-state index >= 15 is 0 Å². The van der Waals surface area contributed by atoms with Crippen molar-refractivity contribution in [3.05, 3.63) is 0 Å². The lowest BCUT2D eigenvalue weighted by molar-refractivity contribution is 0.538. The molecule has 0 aliphatic rings. The van der Waals surface area contributed by atoms with Crippen molar-refractivity contribution in [2.24, 2.45) is 5.73 Å². The van der Waals surface area contributed by atoms with E-state index in [0.29, 0.717) is 0 Å². The summed E-state index contributed by atoms with van der Waals surface area (Å²) in [5.74, 6) is 0. The summed E-state index contributed by atoms with van der Waals surface area (Å²) in [7, 11) is 2.01. The highest BCUT2D eigenvalue weighted by atomic mass is 14.9. The van der Waals surface area contributed by atoms with Crippen LogP contribution in [0.25, 0.3) is 0 Å². The second-order valence-corrected chi connectivity index (χ2v) is 5.57. The Labute approximate surface area is 126 Å². The van der Waals surface area contributed by atoms with Crippen LogP contribution < -0.4 is 21.7 Å². The van der Waals surface area contributed by atoms with Crippen molar-refractivity contribution in [2.75, 3.05) is 46.3 Å². The highest BCUT2D eigenvalue weighted by Crippen LogP contribution is 2.06. The minimum atomic E-state index is 0.803. The average Bonchev–Trinajstić information content (AvgIpc) is 2.47. The molecule has 0 radical (unpaired) electrons. The van der Waals surface area contributed by atoms with Crippen LogP contribution in [0.15, 0.2) is 0 Å². The van der Waals surface area contributed by atoms with E-state index in [9.17, 15) is 0 Å². The maximum absolute atomic E-state index is 5.44. The number of hydrogen-bond acceptors (Lipinski definition) is 4. The molecule has 0 aromatic rings. The van der Waals surface area contributed by atoms with E-state index in [-0.39, 0.29) is 0 Å². The van der Waals surface area contributed by atoms with Gasteiger partial charge in [0.1, 0.15) is 0 Å². The van der Waals surface area contributed by atoms with Crippen molar-refractivity contribution in [1.29, 1.82) is 0 Å². The van der Waals surface area contributed by atoms with Crippen molar-refractivity contribution in [3.63, 3.8) is 0 Å². The molecule has 5 N–H and O–H groups in total. The maximum Gasteiger partial charge on any atom is -0.00368 e. The minimum absolute atomic E-state index is 0.803. The van der Waals surface area contributed by atoms with Gasteiger partial charge in [-0.2, -0.15) is 0 Å².